The van der Waals surface area contributed by atoms with Crippen molar-refractivity contribution >= 4 is 28.9 Å². The van der Waals surface area contributed by atoms with Crippen molar-refractivity contribution in [2.75, 3.05) is 12.4 Å². The van der Waals surface area contributed by atoms with Crippen molar-refractivity contribution in [1.29, 1.82) is 0 Å². The van der Waals surface area contributed by atoms with Crippen LogP contribution in [0, 0.1) is 0 Å². The number of unbranched alkanes of at least 4 members (excludes halogenated alkanes) is 4. The molecule has 0 rings (SSSR count). The van der Waals surface area contributed by atoms with Crippen LogP contribution in [0.4, 0.5) is 0 Å². The van der Waals surface area contributed by atoms with E-state index in [4.69, 9.17) is 16.3 Å². The standard InChI is InChI=1S/C10H23O2PS2.Zn/c1-3-5-7-9-12-13(11,14)15-10-8-6-4-2;/h3-10H2,1-2H3,(H,11,14);/p-1. The maximum atomic E-state index is 11.7. The molecule has 0 N–H and O–H groups in total. The molecule has 0 saturated carbocycles. The molecule has 0 saturated heterocycles. The third-order valence-corrected chi connectivity index (χ3v) is 6.36. The summed E-state index contributed by atoms with van der Waals surface area (Å²) < 4.78 is 5.25. The molecule has 0 amide bonds. The summed E-state index contributed by atoms with van der Waals surface area (Å²) in [6.45, 7) is 4.83. The van der Waals surface area contributed by atoms with Crippen LogP contribution in [-0.2, 0) is 35.8 Å². The van der Waals surface area contributed by atoms with E-state index in [9.17, 15) is 4.89 Å². The summed E-state index contributed by atoms with van der Waals surface area (Å²) in [5.41, 5.74) is -2.77. The molecule has 0 aromatic heterocycles. The van der Waals surface area contributed by atoms with Gasteiger partial charge in [0.15, 0.2) is 0 Å². The number of rotatable bonds is 10. The van der Waals surface area contributed by atoms with Gasteiger partial charge in [-0.1, -0.05) is 51.3 Å². The zero-order valence-electron chi connectivity index (χ0n) is 10.4. The topological polar surface area (TPSA) is 32.3 Å². The fourth-order valence-corrected chi connectivity index (χ4v) is 4.48. The molecule has 0 aromatic carbocycles. The summed E-state index contributed by atoms with van der Waals surface area (Å²) in [4.78, 5) is 11.7. The van der Waals surface area contributed by atoms with E-state index in [2.05, 4.69) is 13.8 Å². The molecule has 0 aromatic rings. The molecule has 16 heavy (non-hydrogen) atoms. The molecule has 0 aliphatic carbocycles. The van der Waals surface area contributed by atoms with E-state index in [0.717, 1.165) is 31.4 Å². The zero-order valence-corrected chi connectivity index (χ0v) is 15.9. The number of hydrogen-bond acceptors (Lipinski definition) is 4. The first kappa shape index (κ1) is 19.9. The molecule has 1 unspecified atom stereocenters. The van der Waals surface area contributed by atoms with Crippen LogP contribution in [0.2, 0.25) is 0 Å². The fourth-order valence-electron chi connectivity index (χ4n) is 1.09. The van der Waals surface area contributed by atoms with E-state index in [1.165, 1.54) is 24.2 Å². The Morgan fingerprint density at radius 2 is 1.69 bits per heavy atom. The minimum absolute atomic E-state index is 0. The van der Waals surface area contributed by atoms with Crippen LogP contribution < -0.4 is 4.89 Å². The first-order chi connectivity index (χ1) is 7.12. The van der Waals surface area contributed by atoms with Crippen molar-refractivity contribution in [3.05, 3.63) is 0 Å². The van der Waals surface area contributed by atoms with Crippen molar-refractivity contribution in [3.63, 3.8) is 0 Å². The maximum Gasteiger partial charge on any atom is 0.0513 e. The summed E-state index contributed by atoms with van der Waals surface area (Å²) >= 11 is 6.26. The SMILES string of the molecule is CCCCCOP([O-])(=S)SCCCCC.[Zn]. The quantitative estimate of drug-likeness (QED) is 0.346. The summed E-state index contributed by atoms with van der Waals surface area (Å²) in [6.07, 6.45) is 6.68. The van der Waals surface area contributed by atoms with Gasteiger partial charge in [0, 0.05) is 25.2 Å². The van der Waals surface area contributed by atoms with Crippen molar-refractivity contribution < 1.29 is 28.9 Å². The van der Waals surface area contributed by atoms with Gasteiger partial charge in [0.05, 0.1) is 6.61 Å². The van der Waals surface area contributed by atoms with Crippen molar-refractivity contribution in [2.45, 2.75) is 52.4 Å². The molecular weight excluding hydrogens is 313 g/mol. The molecule has 1 atom stereocenters. The summed E-state index contributed by atoms with van der Waals surface area (Å²) in [5.74, 6) is 0.863. The first-order valence-electron chi connectivity index (χ1n) is 5.72. The maximum absolute atomic E-state index is 11.7. The molecule has 0 radical (unpaired) electrons. The average molecular weight is 335 g/mol. The predicted octanol–water partition coefficient (Wildman–Crippen LogP) is 3.70. The van der Waals surface area contributed by atoms with Crippen LogP contribution in [0.1, 0.15) is 52.4 Å². The van der Waals surface area contributed by atoms with Crippen molar-refractivity contribution in [2.24, 2.45) is 0 Å². The first-order valence-corrected chi connectivity index (χ1v) is 9.95. The van der Waals surface area contributed by atoms with Crippen LogP contribution >= 0.6 is 17.1 Å². The van der Waals surface area contributed by atoms with Gasteiger partial charge in [-0.3, -0.25) is 0 Å². The average Bonchev–Trinajstić information content (AvgIpc) is 2.20. The zero-order chi connectivity index (χ0) is 11.6. The van der Waals surface area contributed by atoms with Gasteiger partial charge in [-0.05, 0) is 18.6 Å². The Bertz CT molecular complexity index is 178. The van der Waals surface area contributed by atoms with E-state index in [0.29, 0.717) is 6.61 Å². The normalized spacial score (nSPS) is 14.2. The van der Waals surface area contributed by atoms with Crippen molar-refractivity contribution in [1.82, 2.24) is 0 Å². The van der Waals surface area contributed by atoms with Crippen LogP contribution in [-0.4, -0.2) is 12.4 Å². The van der Waals surface area contributed by atoms with Gasteiger partial charge in [-0.2, -0.15) is 0 Å². The van der Waals surface area contributed by atoms with Crippen LogP contribution in [0.5, 0.6) is 0 Å². The Balaban J connectivity index is 0. The Morgan fingerprint density at radius 1 is 1.12 bits per heavy atom. The Kier molecular flexibility index (Phi) is 16.1. The second-order valence-corrected chi connectivity index (χ2v) is 9.70. The fraction of sp³-hybridized carbons (Fsp3) is 1.00. The van der Waals surface area contributed by atoms with Gasteiger partial charge in [0.25, 0.3) is 0 Å². The molecular formula is C10H22O2PS2Zn-. The van der Waals surface area contributed by atoms with Gasteiger partial charge in [-0.25, -0.2) is 0 Å². The van der Waals surface area contributed by atoms with Gasteiger partial charge in [0.2, 0.25) is 0 Å². The molecule has 2 nitrogen and oxygen atoms in total. The van der Waals surface area contributed by atoms with E-state index >= 15 is 0 Å². The Morgan fingerprint density at radius 3 is 2.25 bits per heavy atom. The van der Waals surface area contributed by atoms with Crippen LogP contribution in [0.15, 0.2) is 0 Å². The second kappa shape index (κ2) is 13.0. The smallest absolute Gasteiger partial charge is 0.0513 e. The molecule has 0 aliphatic rings. The third-order valence-electron chi connectivity index (χ3n) is 1.99. The van der Waals surface area contributed by atoms with E-state index in [-0.39, 0.29) is 19.5 Å². The van der Waals surface area contributed by atoms with Gasteiger partial charge < -0.3 is 9.42 Å². The molecule has 0 heterocycles. The van der Waals surface area contributed by atoms with Gasteiger partial charge in [-0.15, -0.1) is 11.4 Å². The molecule has 6 heteroatoms. The minimum atomic E-state index is -2.77. The largest absolute Gasteiger partial charge is 0.793 e. The van der Waals surface area contributed by atoms with E-state index in [1.54, 1.807) is 0 Å². The minimum Gasteiger partial charge on any atom is -0.793 e. The Labute approximate surface area is 122 Å². The second-order valence-electron chi connectivity index (χ2n) is 3.53. The number of hydrogen-bond donors (Lipinski definition) is 0. The monoisotopic (exact) mass is 333 g/mol. The predicted molar refractivity (Wildman–Crippen MR) is 71.7 cm³/mol. The summed E-state index contributed by atoms with van der Waals surface area (Å²) in [7, 11) is 0. The van der Waals surface area contributed by atoms with Gasteiger partial charge in [0.1, 0.15) is 0 Å². The third kappa shape index (κ3) is 13.6. The van der Waals surface area contributed by atoms with Gasteiger partial charge >= 0.3 is 0 Å². The Hall–Kier alpha value is 1.54. The van der Waals surface area contributed by atoms with Crippen LogP contribution in [0.3, 0.4) is 0 Å². The summed E-state index contributed by atoms with van der Waals surface area (Å²) in [6, 6.07) is 0. The van der Waals surface area contributed by atoms with Crippen molar-refractivity contribution in [3.8, 4) is 0 Å². The molecule has 0 bridgehead atoms. The van der Waals surface area contributed by atoms with Crippen LogP contribution in [0.25, 0.3) is 0 Å². The summed E-state index contributed by atoms with van der Waals surface area (Å²) in [5, 5.41) is 0. The molecule has 0 aliphatic heterocycles. The van der Waals surface area contributed by atoms with E-state index in [1.807, 2.05) is 0 Å². The molecule has 0 spiro atoms. The van der Waals surface area contributed by atoms with E-state index < -0.39 is 5.69 Å². The molecule has 94 valence electrons. The molecule has 0 fully saturated rings.